The first-order valence-electron chi connectivity index (χ1n) is 15.2. The van der Waals surface area contributed by atoms with E-state index in [1.54, 1.807) is 0 Å². The normalized spacial score (nSPS) is 10.0. The fourth-order valence-corrected chi connectivity index (χ4v) is 9.45. The smallest absolute Gasteiger partial charge is 0.0134 e. The van der Waals surface area contributed by atoms with Crippen LogP contribution in [0.1, 0.15) is 5.56 Å². The molecule has 47 heavy (non-hydrogen) atoms. The standard InChI is InChI=1S/2C18H15P.C7H7.BrH.Pd/c2*1-4-10-16(11-5-1)19(17-12-6-2-7-13-17)18-14-8-3-9-15-18;1-7-5-3-2-4-6-7;;/h2*1-15H;2-3,5-6H,1H3;1H;/q;;-1;;+2/p-1. The third-order valence-electron chi connectivity index (χ3n) is 6.95. The van der Waals surface area contributed by atoms with Gasteiger partial charge in [-0.3, -0.25) is 0 Å². The van der Waals surface area contributed by atoms with Gasteiger partial charge >= 0.3 is 30.6 Å². The van der Waals surface area contributed by atoms with E-state index >= 15 is 0 Å². The number of benzene rings is 7. The van der Waals surface area contributed by atoms with Gasteiger partial charge in [0.2, 0.25) is 0 Å². The van der Waals surface area contributed by atoms with Crippen molar-refractivity contribution in [2.75, 3.05) is 0 Å². The summed E-state index contributed by atoms with van der Waals surface area (Å²) in [6, 6.07) is 75.5. The van der Waals surface area contributed by atoms with Crippen LogP contribution in [0.4, 0.5) is 0 Å². The van der Waals surface area contributed by atoms with E-state index in [4.69, 9.17) is 0 Å². The topological polar surface area (TPSA) is 0 Å². The quantitative estimate of drug-likeness (QED) is 0.0894. The molecule has 0 aromatic heterocycles. The minimum Gasteiger partial charge on any atom is -0.0622 e. The van der Waals surface area contributed by atoms with Crippen LogP contribution in [0.25, 0.3) is 0 Å². The maximum absolute atomic E-state index is 2.96. The maximum atomic E-state index is 2.96. The Morgan fingerprint density at radius 3 is 0.745 bits per heavy atom. The van der Waals surface area contributed by atoms with Gasteiger partial charge in [0, 0.05) is 0 Å². The minimum atomic E-state index is -0.446. The Morgan fingerprint density at radius 1 is 0.362 bits per heavy atom. The molecule has 0 fully saturated rings. The van der Waals surface area contributed by atoms with Crippen molar-refractivity contribution < 1.29 is 17.2 Å². The van der Waals surface area contributed by atoms with Gasteiger partial charge in [-0.25, -0.2) is 0 Å². The van der Waals surface area contributed by atoms with Gasteiger partial charge in [-0.15, -0.1) is 0 Å². The van der Waals surface area contributed by atoms with Gasteiger partial charge in [0.05, 0.1) is 0 Å². The molecule has 236 valence electrons. The van der Waals surface area contributed by atoms with Crippen molar-refractivity contribution in [2.24, 2.45) is 0 Å². The van der Waals surface area contributed by atoms with E-state index in [-0.39, 0.29) is 0 Å². The molecule has 7 aromatic carbocycles. The van der Waals surface area contributed by atoms with E-state index in [2.05, 4.69) is 232 Å². The number of halogens is 1. The van der Waals surface area contributed by atoms with Crippen LogP contribution in [0.5, 0.6) is 0 Å². The van der Waals surface area contributed by atoms with Crippen molar-refractivity contribution in [1.29, 1.82) is 0 Å². The summed E-state index contributed by atoms with van der Waals surface area (Å²) in [5.74, 6) is 0. The summed E-state index contributed by atoms with van der Waals surface area (Å²) < 4.78 is 0. The molecule has 0 nitrogen and oxygen atoms in total. The molecule has 0 unspecified atom stereocenters. The Balaban J connectivity index is 0.000000170. The predicted octanol–water partition coefficient (Wildman–Crippen LogP) is 9.53. The van der Waals surface area contributed by atoms with Gasteiger partial charge in [0.1, 0.15) is 0 Å². The number of hydrogen-bond acceptors (Lipinski definition) is 0. The summed E-state index contributed by atoms with van der Waals surface area (Å²) in [5.41, 5.74) is 1.27. The van der Waals surface area contributed by atoms with Crippen molar-refractivity contribution in [2.45, 2.75) is 6.92 Å². The van der Waals surface area contributed by atoms with E-state index in [0.29, 0.717) is 0 Å². The van der Waals surface area contributed by atoms with Gasteiger partial charge in [-0.1, -0.05) is 189 Å². The molecule has 0 amide bonds. The Kier molecular flexibility index (Phi) is 16.6. The first kappa shape index (κ1) is 36.4. The molecule has 0 spiro atoms. The monoisotopic (exact) mass is 800 g/mol. The first-order chi connectivity index (χ1) is 23.3. The molecule has 0 heterocycles. The molecule has 0 radical (unpaired) electrons. The minimum absolute atomic E-state index is 0.446. The Labute approximate surface area is 301 Å². The summed E-state index contributed by atoms with van der Waals surface area (Å²) in [6.45, 7) is 2.05. The molecule has 0 aliphatic carbocycles. The van der Waals surface area contributed by atoms with E-state index in [1.165, 1.54) is 37.4 Å². The van der Waals surface area contributed by atoms with Crippen LogP contribution in [0.3, 0.4) is 0 Å². The molecular formula is C43H37BrP2Pd. The zero-order chi connectivity index (χ0) is 32.9. The van der Waals surface area contributed by atoms with Gasteiger partial charge < -0.3 is 0 Å². The molecule has 0 saturated carbocycles. The molecule has 7 aromatic rings. The number of rotatable bonds is 6. The van der Waals surface area contributed by atoms with Crippen molar-refractivity contribution >= 4 is 61.1 Å². The van der Waals surface area contributed by atoms with Gasteiger partial charge in [0.15, 0.2) is 0 Å². The second-order valence-corrected chi connectivity index (χ2v) is 14.7. The van der Waals surface area contributed by atoms with Crippen LogP contribution in [0, 0.1) is 13.0 Å². The molecule has 0 atom stereocenters. The fourth-order valence-electron chi connectivity index (χ4n) is 4.84. The zero-order valence-corrected chi connectivity index (χ0v) is 31.1. The largest absolute Gasteiger partial charge is 0.0622 e. The van der Waals surface area contributed by atoms with Crippen molar-refractivity contribution in [3.63, 3.8) is 0 Å². The molecular weight excluding hydrogens is 765 g/mol. The van der Waals surface area contributed by atoms with Crippen molar-refractivity contribution in [1.82, 2.24) is 0 Å². The van der Waals surface area contributed by atoms with Gasteiger partial charge in [-0.2, -0.15) is 35.9 Å². The molecule has 0 N–H and O–H groups in total. The van der Waals surface area contributed by atoms with Crippen molar-refractivity contribution in [3.05, 3.63) is 218 Å². The summed E-state index contributed by atoms with van der Waals surface area (Å²) >= 11 is 5.35. The van der Waals surface area contributed by atoms with E-state index in [1.807, 2.05) is 18.2 Å². The number of hydrogen-bond donors (Lipinski definition) is 0. The molecule has 0 aliphatic heterocycles. The van der Waals surface area contributed by atoms with Crippen LogP contribution in [-0.4, -0.2) is 0 Å². The van der Waals surface area contributed by atoms with Gasteiger partial charge in [0.25, 0.3) is 0 Å². The van der Waals surface area contributed by atoms with Crippen LogP contribution in [-0.2, 0) is 17.2 Å². The van der Waals surface area contributed by atoms with Crippen molar-refractivity contribution in [3.8, 4) is 0 Å². The van der Waals surface area contributed by atoms with E-state index in [0.717, 1.165) is 0 Å². The second-order valence-electron chi connectivity index (χ2n) is 10.3. The Bertz CT molecular complexity index is 1470. The molecule has 4 heteroatoms. The van der Waals surface area contributed by atoms with Crippen LogP contribution >= 0.6 is 29.3 Å². The predicted molar refractivity (Wildman–Crippen MR) is 209 cm³/mol. The summed E-state index contributed by atoms with van der Waals surface area (Å²) in [7, 11) is -0.892. The third kappa shape index (κ3) is 11.9. The average Bonchev–Trinajstić information content (AvgIpc) is 3.16. The first-order valence-corrected chi connectivity index (χ1v) is 21.5. The van der Waals surface area contributed by atoms with E-state index in [9.17, 15) is 0 Å². The molecule has 0 saturated heterocycles. The van der Waals surface area contributed by atoms with E-state index < -0.39 is 15.8 Å². The molecule has 0 bridgehead atoms. The number of aryl methyl sites for hydroxylation is 1. The fraction of sp³-hybridized carbons (Fsp3) is 0.0233. The van der Waals surface area contributed by atoms with Gasteiger partial charge in [-0.05, 0) is 47.7 Å². The van der Waals surface area contributed by atoms with Crippen LogP contribution < -0.4 is 31.8 Å². The average molecular weight is 802 g/mol. The maximum Gasteiger partial charge on any atom is -0.0134 e. The summed E-state index contributed by atoms with van der Waals surface area (Å²) in [4.78, 5) is 0. The summed E-state index contributed by atoms with van der Waals surface area (Å²) in [6.07, 6.45) is 0. The summed E-state index contributed by atoms with van der Waals surface area (Å²) in [5, 5.41) is 8.39. The molecule has 7 rings (SSSR count). The SMILES string of the molecule is Cc1c[c-]ccc1.[Br][Pd+].c1ccc(P(c2ccccc2)c2ccccc2)cc1.c1ccc(P(c2ccccc2)c2ccccc2)cc1. The third-order valence-corrected chi connectivity index (χ3v) is 11.8. The Hall–Kier alpha value is -3.46. The second kappa shape index (κ2) is 21.4. The van der Waals surface area contributed by atoms with Crippen LogP contribution in [0.2, 0.25) is 0 Å². The zero-order valence-electron chi connectivity index (χ0n) is 26.2. The Morgan fingerprint density at radius 2 is 0.596 bits per heavy atom. The molecule has 0 aliphatic rings. The van der Waals surface area contributed by atoms with Crippen LogP contribution in [0.15, 0.2) is 206 Å².